The van der Waals surface area contributed by atoms with E-state index in [4.69, 9.17) is 0 Å². The number of hydrogen-bond donors (Lipinski definition) is 3. The van der Waals surface area contributed by atoms with Crippen molar-refractivity contribution in [3.8, 4) is 0 Å². The van der Waals surface area contributed by atoms with Crippen LogP contribution in [0.4, 0.5) is 0 Å². The SMILES string of the molecule is CN=C(NCCNC(=O)C(C)(C)C)NCc1ccn(C)c1. The minimum absolute atomic E-state index is 0.0523. The third kappa shape index (κ3) is 6.33. The maximum atomic E-state index is 11.7. The Morgan fingerprint density at radius 3 is 2.43 bits per heavy atom. The van der Waals surface area contributed by atoms with Crippen molar-refractivity contribution in [3.05, 3.63) is 24.0 Å². The van der Waals surface area contributed by atoms with Gasteiger partial charge < -0.3 is 20.5 Å². The van der Waals surface area contributed by atoms with Crippen LogP contribution in [0, 0.1) is 5.41 Å². The minimum atomic E-state index is -0.354. The van der Waals surface area contributed by atoms with Crippen LogP contribution in [0.2, 0.25) is 0 Å². The molecule has 1 rings (SSSR count). The average Bonchev–Trinajstić information content (AvgIpc) is 2.82. The fraction of sp³-hybridized carbons (Fsp3) is 0.600. The minimum Gasteiger partial charge on any atom is -0.357 e. The van der Waals surface area contributed by atoms with Crippen LogP contribution >= 0.6 is 0 Å². The van der Waals surface area contributed by atoms with Gasteiger partial charge in [-0.15, -0.1) is 0 Å². The summed E-state index contributed by atoms with van der Waals surface area (Å²) in [7, 11) is 3.72. The molecule has 1 amide bonds. The van der Waals surface area contributed by atoms with Gasteiger partial charge in [-0.3, -0.25) is 9.79 Å². The second-order valence-electron chi connectivity index (χ2n) is 6.04. The highest BCUT2D eigenvalue weighted by molar-refractivity contribution is 5.81. The molecule has 6 heteroatoms. The first-order valence-corrected chi connectivity index (χ1v) is 7.16. The van der Waals surface area contributed by atoms with E-state index < -0.39 is 0 Å². The Labute approximate surface area is 127 Å². The third-order valence-corrected chi connectivity index (χ3v) is 2.96. The average molecular weight is 293 g/mol. The smallest absolute Gasteiger partial charge is 0.225 e. The molecule has 0 atom stereocenters. The van der Waals surface area contributed by atoms with E-state index in [0.29, 0.717) is 13.1 Å². The van der Waals surface area contributed by atoms with E-state index in [-0.39, 0.29) is 11.3 Å². The predicted octanol–water partition coefficient (Wildman–Crippen LogP) is 0.852. The molecule has 3 N–H and O–H groups in total. The zero-order chi connectivity index (χ0) is 15.9. The molecule has 0 unspecified atom stereocenters. The molecule has 118 valence electrons. The summed E-state index contributed by atoms with van der Waals surface area (Å²) in [6.45, 7) is 7.62. The van der Waals surface area contributed by atoms with Crippen molar-refractivity contribution in [2.75, 3.05) is 20.1 Å². The van der Waals surface area contributed by atoms with Crippen molar-refractivity contribution in [1.82, 2.24) is 20.5 Å². The predicted molar refractivity (Wildman–Crippen MR) is 86.1 cm³/mol. The highest BCUT2D eigenvalue weighted by Gasteiger charge is 2.20. The molecule has 0 spiro atoms. The molecule has 1 aromatic heterocycles. The summed E-state index contributed by atoms with van der Waals surface area (Å²) in [5.74, 6) is 0.778. The van der Waals surface area contributed by atoms with Crippen molar-refractivity contribution in [2.24, 2.45) is 17.5 Å². The van der Waals surface area contributed by atoms with Gasteiger partial charge in [0, 0.05) is 51.5 Å². The highest BCUT2D eigenvalue weighted by Crippen LogP contribution is 2.11. The molecule has 0 aliphatic heterocycles. The molecule has 1 heterocycles. The molecule has 0 bridgehead atoms. The van der Waals surface area contributed by atoms with Gasteiger partial charge in [0.05, 0.1) is 0 Å². The van der Waals surface area contributed by atoms with Crippen molar-refractivity contribution in [1.29, 1.82) is 0 Å². The van der Waals surface area contributed by atoms with Crippen molar-refractivity contribution in [2.45, 2.75) is 27.3 Å². The Bertz CT molecular complexity index is 484. The number of carbonyl (C=O) groups is 1. The molecule has 6 nitrogen and oxygen atoms in total. The number of hydrogen-bond acceptors (Lipinski definition) is 2. The Morgan fingerprint density at radius 1 is 1.24 bits per heavy atom. The van der Waals surface area contributed by atoms with Gasteiger partial charge in [0.25, 0.3) is 0 Å². The summed E-state index contributed by atoms with van der Waals surface area (Å²) in [6, 6.07) is 2.06. The summed E-state index contributed by atoms with van der Waals surface area (Å²) < 4.78 is 2.01. The number of aromatic nitrogens is 1. The van der Waals surface area contributed by atoms with Crippen LogP contribution in [0.3, 0.4) is 0 Å². The lowest BCUT2D eigenvalue weighted by Crippen LogP contribution is -2.43. The van der Waals surface area contributed by atoms with Crippen LogP contribution in [0.15, 0.2) is 23.5 Å². The Balaban J connectivity index is 2.24. The second-order valence-corrected chi connectivity index (χ2v) is 6.04. The molecule has 0 aliphatic carbocycles. The number of nitrogens with zero attached hydrogens (tertiary/aromatic N) is 2. The standard InChI is InChI=1S/C15H27N5O/c1-15(2,3)13(21)17-7-8-18-14(16-4)19-10-12-6-9-20(5)11-12/h6,9,11H,7-8,10H2,1-5H3,(H,17,21)(H2,16,18,19). The van der Waals surface area contributed by atoms with E-state index in [0.717, 1.165) is 12.5 Å². The molecule has 1 aromatic rings. The molecule has 0 saturated carbocycles. The lowest BCUT2D eigenvalue weighted by Gasteiger charge is -2.18. The summed E-state index contributed by atoms with van der Waals surface area (Å²) in [4.78, 5) is 15.9. The van der Waals surface area contributed by atoms with Crippen LogP contribution in [0.5, 0.6) is 0 Å². The van der Waals surface area contributed by atoms with E-state index >= 15 is 0 Å². The van der Waals surface area contributed by atoms with Crippen molar-refractivity contribution < 1.29 is 4.79 Å². The quantitative estimate of drug-likeness (QED) is 0.428. The van der Waals surface area contributed by atoms with Gasteiger partial charge in [-0.25, -0.2) is 0 Å². The first-order chi connectivity index (χ1) is 9.82. The van der Waals surface area contributed by atoms with Crippen LogP contribution in [0.1, 0.15) is 26.3 Å². The van der Waals surface area contributed by atoms with Crippen LogP contribution in [0.25, 0.3) is 0 Å². The molecule has 0 fully saturated rings. The number of amides is 1. The first-order valence-electron chi connectivity index (χ1n) is 7.16. The van der Waals surface area contributed by atoms with Gasteiger partial charge in [-0.1, -0.05) is 20.8 Å². The van der Waals surface area contributed by atoms with E-state index in [1.54, 1.807) is 7.05 Å². The number of rotatable bonds is 5. The molecule has 0 aromatic carbocycles. The van der Waals surface area contributed by atoms with Gasteiger partial charge in [0.1, 0.15) is 0 Å². The zero-order valence-electron chi connectivity index (χ0n) is 13.7. The second kappa shape index (κ2) is 7.71. The normalized spacial score (nSPS) is 12.1. The lowest BCUT2D eigenvalue weighted by atomic mass is 9.96. The summed E-state index contributed by atoms with van der Waals surface area (Å²) in [5.41, 5.74) is 0.842. The molecule has 0 radical (unpaired) electrons. The molecule has 0 saturated heterocycles. The number of nitrogens with one attached hydrogen (secondary N) is 3. The molecule has 21 heavy (non-hydrogen) atoms. The first kappa shape index (κ1) is 17.1. The molecular weight excluding hydrogens is 266 g/mol. The number of carbonyl (C=O) groups excluding carboxylic acids is 1. The van der Waals surface area contributed by atoms with E-state index in [9.17, 15) is 4.79 Å². The van der Waals surface area contributed by atoms with E-state index in [2.05, 4.69) is 33.2 Å². The number of aliphatic imine (C=N–C) groups is 1. The maximum absolute atomic E-state index is 11.7. The topological polar surface area (TPSA) is 70.4 Å². The summed E-state index contributed by atoms with van der Waals surface area (Å²) >= 11 is 0. The van der Waals surface area contributed by atoms with Crippen LogP contribution in [-0.4, -0.2) is 36.6 Å². The van der Waals surface area contributed by atoms with Crippen LogP contribution < -0.4 is 16.0 Å². The van der Waals surface area contributed by atoms with Crippen molar-refractivity contribution in [3.63, 3.8) is 0 Å². The number of aryl methyl sites for hydroxylation is 1. The van der Waals surface area contributed by atoms with Gasteiger partial charge in [0.15, 0.2) is 5.96 Å². The maximum Gasteiger partial charge on any atom is 0.225 e. The van der Waals surface area contributed by atoms with Gasteiger partial charge in [0.2, 0.25) is 5.91 Å². The Morgan fingerprint density at radius 2 is 1.90 bits per heavy atom. The monoisotopic (exact) mass is 293 g/mol. The van der Waals surface area contributed by atoms with Gasteiger partial charge >= 0.3 is 0 Å². The Hall–Kier alpha value is -1.98. The fourth-order valence-electron chi connectivity index (χ4n) is 1.69. The summed E-state index contributed by atoms with van der Waals surface area (Å²) in [5, 5.41) is 9.29. The van der Waals surface area contributed by atoms with Crippen LogP contribution in [-0.2, 0) is 18.4 Å². The van der Waals surface area contributed by atoms with Gasteiger partial charge in [-0.05, 0) is 11.6 Å². The largest absolute Gasteiger partial charge is 0.357 e. The summed E-state index contributed by atoms with van der Waals surface area (Å²) in [6.07, 6.45) is 4.07. The highest BCUT2D eigenvalue weighted by atomic mass is 16.2. The third-order valence-electron chi connectivity index (χ3n) is 2.96. The fourth-order valence-corrected chi connectivity index (χ4v) is 1.69. The molecular formula is C15H27N5O. The van der Waals surface area contributed by atoms with E-state index in [1.807, 2.05) is 38.6 Å². The lowest BCUT2D eigenvalue weighted by molar-refractivity contribution is -0.128. The van der Waals surface area contributed by atoms with Gasteiger partial charge in [-0.2, -0.15) is 0 Å². The number of guanidine groups is 1. The van der Waals surface area contributed by atoms with E-state index in [1.165, 1.54) is 5.56 Å². The Kier molecular flexibility index (Phi) is 6.27. The van der Waals surface area contributed by atoms with Crippen molar-refractivity contribution >= 4 is 11.9 Å². The zero-order valence-corrected chi connectivity index (χ0v) is 13.7. The molecule has 0 aliphatic rings.